The number of hydrogen-bond donors (Lipinski definition) is 1. The number of carbonyl (C=O) groups excluding carboxylic acids is 1. The van der Waals surface area contributed by atoms with Crippen molar-refractivity contribution >= 4 is 11.6 Å². The van der Waals surface area contributed by atoms with Gasteiger partial charge in [-0.1, -0.05) is 25.1 Å². The van der Waals surface area contributed by atoms with Crippen LogP contribution in [0.15, 0.2) is 24.3 Å². The van der Waals surface area contributed by atoms with Gasteiger partial charge < -0.3 is 10.6 Å². The van der Waals surface area contributed by atoms with Crippen LogP contribution in [0.4, 0.5) is 5.69 Å². The molecule has 1 aromatic rings. The van der Waals surface area contributed by atoms with Crippen LogP contribution in [0, 0.1) is 16.0 Å². The number of nitro benzene ring substituents is 1. The molecule has 0 saturated carbocycles. The number of nitro groups is 1. The van der Waals surface area contributed by atoms with Crippen molar-refractivity contribution in [2.24, 2.45) is 11.7 Å². The summed E-state index contributed by atoms with van der Waals surface area (Å²) in [5, 5.41) is 10.9. The number of para-hydroxylation sites is 1. The van der Waals surface area contributed by atoms with E-state index in [4.69, 9.17) is 5.73 Å². The van der Waals surface area contributed by atoms with Crippen LogP contribution >= 0.6 is 0 Å². The molecule has 0 aliphatic carbocycles. The van der Waals surface area contributed by atoms with Crippen LogP contribution in [0.2, 0.25) is 0 Å². The van der Waals surface area contributed by atoms with E-state index < -0.39 is 4.92 Å². The molecule has 0 aliphatic rings. The highest BCUT2D eigenvalue weighted by Gasteiger charge is 2.17. The Labute approximate surface area is 118 Å². The second kappa shape index (κ2) is 7.59. The summed E-state index contributed by atoms with van der Waals surface area (Å²) in [6, 6.07) is 6.47. The van der Waals surface area contributed by atoms with Gasteiger partial charge in [0.15, 0.2) is 0 Å². The van der Waals surface area contributed by atoms with E-state index in [1.54, 1.807) is 25.2 Å². The van der Waals surface area contributed by atoms with E-state index in [1.165, 1.54) is 11.0 Å². The summed E-state index contributed by atoms with van der Waals surface area (Å²) in [6.07, 6.45) is 1.14. The molecule has 0 bridgehead atoms. The van der Waals surface area contributed by atoms with Crippen molar-refractivity contribution in [2.75, 3.05) is 13.6 Å². The van der Waals surface area contributed by atoms with Crippen molar-refractivity contribution in [3.63, 3.8) is 0 Å². The molecule has 1 amide bonds. The lowest BCUT2D eigenvalue weighted by Crippen LogP contribution is -2.27. The molecule has 2 N–H and O–H groups in total. The molecular formula is C14H21N3O3. The Balaban J connectivity index is 2.64. The SMILES string of the molecule is CC(CN)CCC(=O)N(C)Cc1ccccc1[N+](=O)[O-]. The van der Waals surface area contributed by atoms with Crippen molar-refractivity contribution in [3.8, 4) is 0 Å². The first kappa shape index (κ1) is 16.1. The van der Waals surface area contributed by atoms with Gasteiger partial charge in [0.05, 0.1) is 11.5 Å². The van der Waals surface area contributed by atoms with Crippen LogP contribution in [-0.2, 0) is 11.3 Å². The fourth-order valence-corrected chi connectivity index (χ4v) is 1.84. The Morgan fingerprint density at radius 2 is 2.10 bits per heavy atom. The molecule has 20 heavy (non-hydrogen) atoms. The summed E-state index contributed by atoms with van der Waals surface area (Å²) < 4.78 is 0. The first-order chi connectivity index (χ1) is 9.45. The Morgan fingerprint density at radius 1 is 1.45 bits per heavy atom. The van der Waals surface area contributed by atoms with Gasteiger partial charge in [-0.05, 0) is 18.9 Å². The molecule has 1 rings (SSSR count). The Kier molecular flexibility index (Phi) is 6.11. The van der Waals surface area contributed by atoms with Crippen molar-refractivity contribution < 1.29 is 9.72 Å². The highest BCUT2D eigenvalue weighted by molar-refractivity contribution is 5.76. The molecule has 0 saturated heterocycles. The largest absolute Gasteiger partial charge is 0.341 e. The van der Waals surface area contributed by atoms with Gasteiger partial charge in [0.25, 0.3) is 5.69 Å². The van der Waals surface area contributed by atoms with E-state index in [9.17, 15) is 14.9 Å². The van der Waals surface area contributed by atoms with Gasteiger partial charge in [0.2, 0.25) is 5.91 Å². The topological polar surface area (TPSA) is 89.5 Å². The van der Waals surface area contributed by atoms with E-state index in [1.807, 2.05) is 6.92 Å². The van der Waals surface area contributed by atoms with Crippen LogP contribution in [0.1, 0.15) is 25.3 Å². The van der Waals surface area contributed by atoms with Crippen LogP contribution in [0.25, 0.3) is 0 Å². The third-order valence-electron chi connectivity index (χ3n) is 3.27. The summed E-state index contributed by atoms with van der Waals surface area (Å²) in [5.41, 5.74) is 6.10. The number of carbonyl (C=O) groups is 1. The number of benzene rings is 1. The van der Waals surface area contributed by atoms with Gasteiger partial charge in [-0.2, -0.15) is 0 Å². The first-order valence-corrected chi connectivity index (χ1v) is 6.62. The molecule has 1 atom stereocenters. The van der Waals surface area contributed by atoms with E-state index in [0.29, 0.717) is 24.4 Å². The summed E-state index contributed by atoms with van der Waals surface area (Å²) in [7, 11) is 1.66. The molecule has 1 unspecified atom stereocenters. The smallest absolute Gasteiger partial charge is 0.274 e. The molecule has 6 heteroatoms. The minimum Gasteiger partial charge on any atom is -0.341 e. The molecular weight excluding hydrogens is 258 g/mol. The zero-order valence-corrected chi connectivity index (χ0v) is 11.9. The number of amides is 1. The fraction of sp³-hybridized carbons (Fsp3) is 0.500. The second-order valence-corrected chi connectivity index (χ2v) is 5.02. The average molecular weight is 279 g/mol. The molecule has 0 aliphatic heterocycles. The molecule has 0 spiro atoms. The standard InChI is InChI=1S/C14H21N3O3/c1-11(9-15)7-8-14(18)16(2)10-12-5-3-4-6-13(12)17(19)20/h3-6,11H,7-10,15H2,1-2H3. The average Bonchev–Trinajstić information content (AvgIpc) is 2.44. The van der Waals surface area contributed by atoms with Gasteiger partial charge in [-0.25, -0.2) is 0 Å². The third kappa shape index (κ3) is 4.62. The van der Waals surface area contributed by atoms with E-state index in [2.05, 4.69) is 0 Å². The predicted molar refractivity (Wildman–Crippen MR) is 77.0 cm³/mol. The minimum atomic E-state index is -0.426. The summed E-state index contributed by atoms with van der Waals surface area (Å²) in [6.45, 7) is 2.80. The maximum atomic E-state index is 12.0. The van der Waals surface area contributed by atoms with Gasteiger partial charge in [-0.15, -0.1) is 0 Å². The Hall–Kier alpha value is -1.95. The number of nitrogens with zero attached hydrogens (tertiary/aromatic N) is 2. The molecule has 0 fully saturated rings. The maximum absolute atomic E-state index is 12.0. The van der Waals surface area contributed by atoms with Crippen molar-refractivity contribution in [1.82, 2.24) is 4.90 Å². The predicted octanol–water partition coefficient (Wildman–Crippen LogP) is 1.93. The van der Waals surface area contributed by atoms with E-state index in [0.717, 1.165) is 6.42 Å². The Bertz CT molecular complexity index is 476. The van der Waals surface area contributed by atoms with Crippen molar-refractivity contribution in [2.45, 2.75) is 26.3 Å². The molecule has 0 heterocycles. The third-order valence-corrected chi connectivity index (χ3v) is 3.27. The van der Waals surface area contributed by atoms with Crippen LogP contribution in [0.3, 0.4) is 0 Å². The molecule has 110 valence electrons. The van der Waals surface area contributed by atoms with E-state index in [-0.39, 0.29) is 18.1 Å². The van der Waals surface area contributed by atoms with Gasteiger partial charge in [0.1, 0.15) is 0 Å². The zero-order valence-electron chi connectivity index (χ0n) is 11.9. The normalized spacial score (nSPS) is 11.9. The first-order valence-electron chi connectivity index (χ1n) is 6.62. The maximum Gasteiger partial charge on any atom is 0.274 e. The summed E-state index contributed by atoms with van der Waals surface area (Å²) >= 11 is 0. The molecule has 6 nitrogen and oxygen atoms in total. The molecule has 1 aromatic carbocycles. The summed E-state index contributed by atoms with van der Waals surface area (Å²) in [5.74, 6) is 0.280. The van der Waals surface area contributed by atoms with Gasteiger partial charge in [0, 0.05) is 25.1 Å². The number of rotatable bonds is 7. The van der Waals surface area contributed by atoms with Crippen LogP contribution < -0.4 is 5.73 Å². The van der Waals surface area contributed by atoms with E-state index >= 15 is 0 Å². The zero-order chi connectivity index (χ0) is 15.1. The lowest BCUT2D eigenvalue weighted by Gasteiger charge is -2.18. The second-order valence-electron chi connectivity index (χ2n) is 5.02. The van der Waals surface area contributed by atoms with Crippen LogP contribution in [-0.4, -0.2) is 29.3 Å². The Morgan fingerprint density at radius 3 is 2.70 bits per heavy atom. The number of hydrogen-bond acceptors (Lipinski definition) is 4. The van der Waals surface area contributed by atoms with Gasteiger partial charge in [-0.3, -0.25) is 14.9 Å². The summed E-state index contributed by atoms with van der Waals surface area (Å²) in [4.78, 5) is 24.0. The van der Waals surface area contributed by atoms with Gasteiger partial charge >= 0.3 is 0 Å². The lowest BCUT2D eigenvalue weighted by atomic mass is 10.1. The van der Waals surface area contributed by atoms with Crippen LogP contribution in [0.5, 0.6) is 0 Å². The highest BCUT2D eigenvalue weighted by Crippen LogP contribution is 2.19. The monoisotopic (exact) mass is 279 g/mol. The van der Waals surface area contributed by atoms with Crippen molar-refractivity contribution in [1.29, 1.82) is 0 Å². The highest BCUT2D eigenvalue weighted by atomic mass is 16.6. The minimum absolute atomic E-state index is 0.0246. The molecule has 0 radical (unpaired) electrons. The number of nitrogens with two attached hydrogens (primary N) is 1. The van der Waals surface area contributed by atoms with Crippen molar-refractivity contribution in [3.05, 3.63) is 39.9 Å². The lowest BCUT2D eigenvalue weighted by molar-refractivity contribution is -0.385. The quantitative estimate of drug-likeness (QED) is 0.610. The molecule has 0 aromatic heterocycles. The fourth-order valence-electron chi connectivity index (χ4n) is 1.84.